The molecule has 0 spiro atoms. The van der Waals surface area contributed by atoms with Crippen LogP contribution in [0.3, 0.4) is 0 Å². The van der Waals surface area contributed by atoms with Crippen LogP contribution in [0.1, 0.15) is 42.6 Å². The van der Waals surface area contributed by atoms with Crippen molar-refractivity contribution in [2.45, 2.75) is 56.1 Å². The van der Waals surface area contributed by atoms with Gasteiger partial charge in [0.25, 0.3) is 5.91 Å². The molecule has 9 heteroatoms. The summed E-state index contributed by atoms with van der Waals surface area (Å²) in [6, 6.07) is 11.9. The molecular weight excluding hydrogens is 457 g/mol. The minimum absolute atomic E-state index is 0.180. The van der Waals surface area contributed by atoms with E-state index in [1.165, 1.54) is 22.5 Å². The molecule has 34 heavy (non-hydrogen) atoms. The number of nitrogens with one attached hydrogen (secondary N) is 2. The Morgan fingerprint density at radius 3 is 2.35 bits per heavy atom. The molecule has 3 rings (SSSR count). The molecular formula is C25H30FN3O4S. The smallest absolute Gasteiger partial charge is 0.254 e. The molecule has 2 unspecified atom stereocenters. The first kappa shape index (κ1) is 25.6. The van der Waals surface area contributed by atoms with Gasteiger partial charge in [0.2, 0.25) is 15.9 Å². The predicted octanol–water partition coefficient (Wildman–Crippen LogP) is 3.03. The highest BCUT2D eigenvalue weighted by Crippen LogP contribution is 2.30. The van der Waals surface area contributed by atoms with E-state index in [9.17, 15) is 22.4 Å². The second kappa shape index (κ2) is 10.9. The molecule has 2 atom stereocenters. The van der Waals surface area contributed by atoms with Gasteiger partial charge in [-0.2, -0.15) is 4.31 Å². The number of amides is 2. The Morgan fingerprint density at radius 2 is 1.76 bits per heavy atom. The van der Waals surface area contributed by atoms with Gasteiger partial charge in [-0.25, -0.2) is 12.8 Å². The van der Waals surface area contributed by atoms with Crippen LogP contribution in [0, 0.1) is 5.82 Å². The quantitative estimate of drug-likeness (QED) is 0.560. The molecule has 0 aliphatic carbocycles. The molecule has 1 aliphatic rings. The zero-order chi connectivity index (χ0) is 24.9. The first-order chi connectivity index (χ1) is 16.1. The molecule has 0 radical (unpaired) electrons. The average molecular weight is 488 g/mol. The molecule has 0 aromatic heterocycles. The number of piperidine rings is 1. The normalized spacial score (nSPS) is 21.0. The summed E-state index contributed by atoms with van der Waals surface area (Å²) in [6.07, 6.45) is 2.63. The van der Waals surface area contributed by atoms with Gasteiger partial charge >= 0.3 is 0 Å². The standard InChI is InChI=1S/C25H30FN3O4S/c1-4-24(30)28-20-14-17(2)29(18(3)15-20)34(32,33)21-10-11-22(23(26)16-21)25(31)27-13-12-19-8-6-5-7-9-19/h4-11,16-18,20H,1,12-15H2,2-3H3,(H,27,31)(H,28,30). The van der Waals surface area contributed by atoms with Crippen LogP contribution in [0.25, 0.3) is 0 Å². The number of halogens is 1. The van der Waals surface area contributed by atoms with Crippen LogP contribution in [0.5, 0.6) is 0 Å². The first-order valence-electron chi connectivity index (χ1n) is 11.2. The molecule has 0 bridgehead atoms. The van der Waals surface area contributed by atoms with Crippen molar-refractivity contribution in [1.82, 2.24) is 14.9 Å². The number of sulfonamides is 1. The number of benzene rings is 2. The second-order valence-electron chi connectivity index (χ2n) is 8.55. The van der Waals surface area contributed by atoms with Gasteiger partial charge in [0.05, 0.1) is 10.5 Å². The van der Waals surface area contributed by atoms with Crippen LogP contribution in [-0.2, 0) is 21.2 Å². The van der Waals surface area contributed by atoms with Crippen LogP contribution < -0.4 is 10.6 Å². The van der Waals surface area contributed by atoms with E-state index >= 15 is 0 Å². The number of hydrogen-bond donors (Lipinski definition) is 2. The fourth-order valence-electron chi connectivity index (χ4n) is 4.44. The van der Waals surface area contributed by atoms with Gasteiger partial charge in [0.15, 0.2) is 0 Å². The van der Waals surface area contributed by atoms with Gasteiger partial charge in [-0.05, 0) is 62.9 Å². The molecule has 1 saturated heterocycles. The molecule has 2 N–H and O–H groups in total. The van der Waals surface area contributed by atoms with Crippen LogP contribution >= 0.6 is 0 Å². The van der Waals surface area contributed by atoms with Gasteiger partial charge in [0.1, 0.15) is 5.82 Å². The van der Waals surface area contributed by atoms with Crippen LogP contribution in [-0.4, -0.2) is 49.2 Å². The third-order valence-electron chi connectivity index (χ3n) is 5.95. The van der Waals surface area contributed by atoms with E-state index in [1.807, 2.05) is 30.3 Å². The molecule has 1 heterocycles. The van der Waals surface area contributed by atoms with Crippen molar-refractivity contribution in [1.29, 1.82) is 0 Å². The van der Waals surface area contributed by atoms with Gasteiger partial charge < -0.3 is 10.6 Å². The Labute approximate surface area is 200 Å². The third kappa shape index (κ3) is 5.90. The monoisotopic (exact) mass is 487 g/mol. The Bertz CT molecular complexity index is 1140. The van der Waals surface area contributed by atoms with Crippen molar-refractivity contribution in [2.75, 3.05) is 6.54 Å². The Balaban J connectivity index is 1.69. The lowest BCUT2D eigenvalue weighted by atomic mass is 9.95. The summed E-state index contributed by atoms with van der Waals surface area (Å²) in [4.78, 5) is 23.8. The minimum atomic E-state index is -4.01. The Hall–Kier alpha value is -3.04. The number of carbonyl (C=O) groups is 2. The van der Waals surface area contributed by atoms with Gasteiger partial charge in [-0.15, -0.1) is 0 Å². The Morgan fingerprint density at radius 1 is 1.12 bits per heavy atom. The number of rotatable bonds is 8. The van der Waals surface area contributed by atoms with E-state index in [4.69, 9.17) is 0 Å². The molecule has 2 aromatic rings. The van der Waals surface area contributed by atoms with E-state index in [0.29, 0.717) is 25.8 Å². The molecule has 2 aromatic carbocycles. The van der Waals surface area contributed by atoms with Crippen LogP contribution in [0.15, 0.2) is 66.1 Å². The largest absolute Gasteiger partial charge is 0.352 e. The van der Waals surface area contributed by atoms with Crippen molar-refractivity contribution in [3.8, 4) is 0 Å². The SMILES string of the molecule is C=CC(=O)NC1CC(C)N(S(=O)(=O)c2ccc(C(=O)NCCc3ccccc3)c(F)c2)C(C)C1. The average Bonchev–Trinajstić information content (AvgIpc) is 2.78. The lowest BCUT2D eigenvalue weighted by Crippen LogP contribution is -2.54. The molecule has 2 amide bonds. The van der Waals surface area contributed by atoms with Gasteiger partial charge in [0, 0.05) is 24.7 Å². The van der Waals surface area contributed by atoms with Crippen LogP contribution in [0.2, 0.25) is 0 Å². The van der Waals surface area contributed by atoms with E-state index < -0.39 is 33.8 Å². The summed E-state index contributed by atoms with van der Waals surface area (Å²) in [5.41, 5.74) is 0.833. The van der Waals surface area contributed by atoms with Crippen molar-refractivity contribution >= 4 is 21.8 Å². The topological polar surface area (TPSA) is 95.6 Å². The second-order valence-corrected chi connectivity index (χ2v) is 10.4. The lowest BCUT2D eigenvalue weighted by molar-refractivity contribution is -0.117. The Kier molecular flexibility index (Phi) is 8.22. The van der Waals surface area contributed by atoms with E-state index in [1.54, 1.807) is 13.8 Å². The first-order valence-corrected chi connectivity index (χ1v) is 12.7. The van der Waals surface area contributed by atoms with Crippen LogP contribution in [0.4, 0.5) is 4.39 Å². The fraction of sp³-hybridized carbons (Fsp3) is 0.360. The maximum atomic E-state index is 14.8. The summed E-state index contributed by atoms with van der Waals surface area (Å²) in [7, 11) is -4.01. The highest BCUT2D eigenvalue weighted by molar-refractivity contribution is 7.89. The van der Waals surface area contributed by atoms with E-state index in [-0.39, 0.29) is 22.4 Å². The maximum absolute atomic E-state index is 14.8. The highest BCUT2D eigenvalue weighted by atomic mass is 32.2. The summed E-state index contributed by atoms with van der Waals surface area (Å²) in [6.45, 7) is 7.27. The zero-order valence-electron chi connectivity index (χ0n) is 19.3. The van der Waals surface area contributed by atoms with E-state index in [0.717, 1.165) is 11.6 Å². The number of hydrogen-bond acceptors (Lipinski definition) is 4. The van der Waals surface area contributed by atoms with Gasteiger partial charge in [-0.3, -0.25) is 9.59 Å². The lowest BCUT2D eigenvalue weighted by Gasteiger charge is -2.41. The maximum Gasteiger partial charge on any atom is 0.254 e. The van der Waals surface area contributed by atoms with Crippen molar-refractivity contribution in [3.63, 3.8) is 0 Å². The molecule has 182 valence electrons. The van der Waals surface area contributed by atoms with Crippen molar-refractivity contribution in [3.05, 3.63) is 78.1 Å². The molecule has 7 nitrogen and oxygen atoms in total. The predicted molar refractivity (Wildman–Crippen MR) is 128 cm³/mol. The summed E-state index contributed by atoms with van der Waals surface area (Å²) in [5.74, 6) is -1.80. The number of carbonyl (C=O) groups excluding carboxylic acids is 2. The summed E-state index contributed by atoms with van der Waals surface area (Å²) >= 11 is 0. The zero-order valence-corrected chi connectivity index (χ0v) is 20.1. The summed E-state index contributed by atoms with van der Waals surface area (Å²) in [5, 5.41) is 5.48. The van der Waals surface area contributed by atoms with Crippen molar-refractivity contribution < 1.29 is 22.4 Å². The molecule has 0 saturated carbocycles. The highest BCUT2D eigenvalue weighted by Gasteiger charge is 2.39. The fourth-order valence-corrected chi connectivity index (χ4v) is 6.29. The number of nitrogens with zero attached hydrogens (tertiary/aromatic N) is 1. The molecule has 1 fully saturated rings. The summed E-state index contributed by atoms with van der Waals surface area (Å²) < 4.78 is 42.8. The molecule has 1 aliphatic heterocycles. The third-order valence-corrected chi connectivity index (χ3v) is 8.08. The minimum Gasteiger partial charge on any atom is -0.352 e. The van der Waals surface area contributed by atoms with Crippen molar-refractivity contribution in [2.24, 2.45) is 0 Å². The van der Waals surface area contributed by atoms with E-state index in [2.05, 4.69) is 17.2 Å². The van der Waals surface area contributed by atoms with Gasteiger partial charge in [-0.1, -0.05) is 36.9 Å².